The van der Waals surface area contributed by atoms with E-state index in [1.807, 2.05) is 6.92 Å². The zero-order valence-electron chi connectivity index (χ0n) is 9.31. The van der Waals surface area contributed by atoms with Crippen molar-refractivity contribution in [2.24, 2.45) is 0 Å². The van der Waals surface area contributed by atoms with E-state index in [2.05, 4.69) is 10.6 Å². The lowest BCUT2D eigenvalue weighted by Crippen LogP contribution is -2.41. The Labute approximate surface area is 104 Å². The molecule has 90 valence electrons. The molecule has 5 heteroatoms. The summed E-state index contributed by atoms with van der Waals surface area (Å²) in [6.45, 7) is 2.51. The third-order valence-corrected chi connectivity index (χ3v) is 2.96. The van der Waals surface area contributed by atoms with Crippen LogP contribution in [0.5, 0.6) is 0 Å². The molecule has 0 unspecified atom stereocenters. The maximum atomic E-state index is 13.5. The van der Waals surface area contributed by atoms with Gasteiger partial charge >= 0.3 is 0 Å². The van der Waals surface area contributed by atoms with Gasteiger partial charge in [-0.05, 0) is 36.8 Å². The fourth-order valence-corrected chi connectivity index (χ4v) is 1.88. The molecule has 2 rings (SSSR count). The van der Waals surface area contributed by atoms with E-state index in [1.54, 1.807) is 0 Å². The van der Waals surface area contributed by atoms with Crippen LogP contribution in [0.1, 0.15) is 12.5 Å². The minimum Gasteiger partial charge on any atom is -0.359 e. The first-order valence-corrected chi connectivity index (χ1v) is 5.65. The van der Waals surface area contributed by atoms with E-state index in [-0.39, 0.29) is 12.0 Å². The fraction of sp³-hybridized carbons (Fsp3) is 0.250. The normalized spacial score (nSPS) is 15.6. The summed E-state index contributed by atoms with van der Waals surface area (Å²) in [5.74, 6) is -1.06. The number of allylic oxidation sites excluding steroid dienone is 1. The van der Waals surface area contributed by atoms with Gasteiger partial charge < -0.3 is 10.6 Å². The summed E-state index contributed by atoms with van der Waals surface area (Å²) in [6.07, 6.45) is 0.187. The minimum absolute atomic E-state index is 0.0686. The van der Waals surface area contributed by atoms with E-state index >= 15 is 0 Å². The Morgan fingerprint density at radius 3 is 2.59 bits per heavy atom. The highest BCUT2D eigenvalue weighted by molar-refractivity contribution is 7.80. The van der Waals surface area contributed by atoms with Gasteiger partial charge in [0.1, 0.15) is 11.6 Å². The molecule has 0 aliphatic carbocycles. The molecule has 1 aliphatic rings. The van der Waals surface area contributed by atoms with E-state index in [1.165, 1.54) is 18.2 Å². The van der Waals surface area contributed by atoms with Gasteiger partial charge in [0, 0.05) is 24.2 Å². The predicted octanol–water partition coefficient (Wildman–Crippen LogP) is 2.26. The predicted molar refractivity (Wildman–Crippen MR) is 66.5 cm³/mol. The molecule has 17 heavy (non-hydrogen) atoms. The lowest BCUT2D eigenvalue weighted by Gasteiger charge is -2.22. The first-order valence-electron chi connectivity index (χ1n) is 5.24. The fourth-order valence-electron chi connectivity index (χ4n) is 1.68. The number of nitrogens with one attached hydrogen (secondary N) is 2. The molecular weight excluding hydrogens is 242 g/mol. The number of hydrogen-bond acceptors (Lipinski definition) is 1. The molecule has 1 aliphatic heterocycles. The molecule has 2 N–H and O–H groups in total. The van der Waals surface area contributed by atoms with Gasteiger partial charge in [-0.15, -0.1) is 0 Å². The van der Waals surface area contributed by atoms with Crippen LogP contribution >= 0.6 is 12.2 Å². The second kappa shape index (κ2) is 4.79. The van der Waals surface area contributed by atoms with E-state index in [9.17, 15) is 8.78 Å². The summed E-state index contributed by atoms with van der Waals surface area (Å²) in [6, 6.07) is 3.87. The quantitative estimate of drug-likeness (QED) is 0.792. The van der Waals surface area contributed by atoms with Gasteiger partial charge in [-0.1, -0.05) is 6.07 Å². The van der Waals surface area contributed by atoms with Crippen LogP contribution in [0.15, 0.2) is 29.5 Å². The lowest BCUT2D eigenvalue weighted by molar-refractivity contribution is 0.558. The molecule has 0 atom stereocenters. The van der Waals surface area contributed by atoms with Gasteiger partial charge in [-0.2, -0.15) is 0 Å². The number of thiocarbonyl (C=S) groups is 1. The van der Waals surface area contributed by atoms with Crippen LogP contribution in [0, 0.1) is 11.6 Å². The van der Waals surface area contributed by atoms with Crippen molar-refractivity contribution in [2.45, 2.75) is 13.3 Å². The van der Waals surface area contributed by atoms with Gasteiger partial charge in [0.2, 0.25) is 0 Å². The Morgan fingerprint density at radius 1 is 1.29 bits per heavy atom. The molecule has 0 saturated heterocycles. The van der Waals surface area contributed by atoms with E-state index in [4.69, 9.17) is 12.2 Å². The Kier molecular flexibility index (Phi) is 3.38. The second-order valence-corrected chi connectivity index (χ2v) is 4.35. The van der Waals surface area contributed by atoms with Crippen molar-refractivity contribution in [3.63, 3.8) is 0 Å². The Morgan fingerprint density at radius 2 is 1.94 bits per heavy atom. The van der Waals surface area contributed by atoms with Gasteiger partial charge in [-0.25, -0.2) is 8.78 Å². The molecule has 0 bridgehead atoms. The number of benzene rings is 1. The first kappa shape index (κ1) is 12.0. The van der Waals surface area contributed by atoms with Crippen LogP contribution in [0.25, 0.3) is 0 Å². The molecule has 0 spiro atoms. The first-order chi connectivity index (χ1) is 8.08. The number of halogens is 2. The van der Waals surface area contributed by atoms with Gasteiger partial charge in [0.05, 0.1) is 0 Å². The summed E-state index contributed by atoms with van der Waals surface area (Å²) >= 11 is 4.97. The van der Waals surface area contributed by atoms with Crippen LogP contribution < -0.4 is 10.6 Å². The van der Waals surface area contributed by atoms with Gasteiger partial charge in [0.25, 0.3) is 0 Å². The average Bonchev–Trinajstić information content (AvgIpc) is 2.28. The van der Waals surface area contributed by atoms with Gasteiger partial charge in [0.15, 0.2) is 5.11 Å². The number of hydrogen-bond donors (Lipinski definition) is 2. The van der Waals surface area contributed by atoms with E-state index in [0.29, 0.717) is 11.7 Å². The Bertz CT molecular complexity index is 477. The third kappa shape index (κ3) is 2.61. The second-order valence-electron chi connectivity index (χ2n) is 3.94. The van der Waals surface area contributed by atoms with Crippen molar-refractivity contribution in [1.29, 1.82) is 0 Å². The lowest BCUT2D eigenvalue weighted by atomic mass is 10.0. The van der Waals surface area contributed by atoms with Crippen LogP contribution in [-0.2, 0) is 6.42 Å². The van der Waals surface area contributed by atoms with Crippen molar-refractivity contribution >= 4 is 17.3 Å². The molecule has 1 heterocycles. The topological polar surface area (TPSA) is 24.1 Å². The van der Waals surface area contributed by atoms with Crippen LogP contribution in [0.2, 0.25) is 0 Å². The van der Waals surface area contributed by atoms with Crippen LogP contribution in [-0.4, -0.2) is 11.7 Å². The van der Waals surface area contributed by atoms with Crippen molar-refractivity contribution in [1.82, 2.24) is 10.6 Å². The molecule has 1 aromatic rings. The summed E-state index contributed by atoms with van der Waals surface area (Å²) in [5, 5.41) is 6.38. The summed E-state index contributed by atoms with van der Waals surface area (Å²) in [5.41, 5.74) is 1.83. The maximum absolute atomic E-state index is 13.5. The summed E-state index contributed by atoms with van der Waals surface area (Å²) < 4.78 is 27.0. The molecule has 2 nitrogen and oxygen atoms in total. The van der Waals surface area contributed by atoms with E-state index in [0.717, 1.165) is 11.3 Å². The van der Waals surface area contributed by atoms with Crippen molar-refractivity contribution in [2.75, 3.05) is 6.54 Å². The van der Waals surface area contributed by atoms with E-state index < -0.39 is 11.6 Å². The van der Waals surface area contributed by atoms with Crippen molar-refractivity contribution in [3.8, 4) is 0 Å². The zero-order valence-corrected chi connectivity index (χ0v) is 10.1. The zero-order chi connectivity index (χ0) is 12.4. The smallest absolute Gasteiger partial charge is 0.170 e. The molecular formula is C12H12F2N2S. The SMILES string of the molecule is CC1=C(Cc2c(F)cccc2F)NC(=S)NC1. The summed E-state index contributed by atoms with van der Waals surface area (Å²) in [4.78, 5) is 0. The largest absolute Gasteiger partial charge is 0.359 e. The van der Waals surface area contributed by atoms with Crippen LogP contribution in [0.4, 0.5) is 8.78 Å². The highest BCUT2D eigenvalue weighted by Crippen LogP contribution is 2.18. The standard InChI is InChI=1S/C12H12F2N2S/c1-7-6-15-12(17)16-11(7)5-8-9(13)3-2-4-10(8)14/h2-4H,5-6H2,1H3,(H2,15,16,17). The molecule has 0 fully saturated rings. The van der Waals surface area contributed by atoms with Gasteiger partial charge in [-0.3, -0.25) is 0 Å². The highest BCUT2D eigenvalue weighted by Gasteiger charge is 2.16. The Balaban J connectivity index is 2.29. The average molecular weight is 254 g/mol. The molecule has 1 aromatic carbocycles. The van der Waals surface area contributed by atoms with Crippen LogP contribution in [0.3, 0.4) is 0 Å². The summed E-state index contributed by atoms with van der Waals surface area (Å²) in [7, 11) is 0. The third-order valence-electron chi connectivity index (χ3n) is 2.71. The maximum Gasteiger partial charge on any atom is 0.170 e. The molecule has 0 saturated carbocycles. The van der Waals surface area contributed by atoms with Crippen molar-refractivity contribution in [3.05, 3.63) is 46.7 Å². The molecule has 0 radical (unpaired) electrons. The minimum atomic E-state index is -0.531. The monoisotopic (exact) mass is 254 g/mol. The van der Waals surface area contributed by atoms with Crippen molar-refractivity contribution < 1.29 is 8.78 Å². The number of rotatable bonds is 2. The molecule has 0 amide bonds. The highest BCUT2D eigenvalue weighted by atomic mass is 32.1. The molecule has 0 aromatic heterocycles. The Hall–Kier alpha value is -1.49.